The average molecular weight is 1460 g/mol. The smallest absolute Gasteiger partial charge is 0.410 e. The summed E-state index contributed by atoms with van der Waals surface area (Å²) in [5.41, 5.74) is 17.7. The number of alkyl halides is 2. The Bertz CT molecular complexity index is 4420. The summed E-state index contributed by atoms with van der Waals surface area (Å²) in [6.45, 7) is 16.9. The van der Waals surface area contributed by atoms with E-state index in [9.17, 15) is 38.8 Å². The van der Waals surface area contributed by atoms with E-state index < -0.39 is 11.2 Å². The molecule has 4 fully saturated rings. The number of halogens is 2. The van der Waals surface area contributed by atoms with Crippen molar-refractivity contribution in [3.8, 4) is 23.0 Å². The number of nitrogens with zero attached hydrogens (tertiary/aromatic N) is 3. The molecule has 0 bridgehead atoms. The summed E-state index contributed by atoms with van der Waals surface area (Å²) < 4.78 is 43.6. The number of benzene rings is 9. The van der Waals surface area contributed by atoms with Crippen molar-refractivity contribution in [2.75, 3.05) is 72.4 Å². The van der Waals surface area contributed by atoms with E-state index in [0.717, 1.165) is 128 Å². The van der Waals surface area contributed by atoms with Crippen LogP contribution >= 0.6 is 0 Å². The highest BCUT2D eigenvalue weighted by Gasteiger charge is 2.43. The lowest BCUT2D eigenvalue weighted by Gasteiger charge is -2.40. The molecular formula is C94H105F2N3O9. The van der Waals surface area contributed by atoms with E-state index in [2.05, 4.69) is 102 Å². The number of ether oxygens (including phenoxy) is 3. The number of carbonyl (C=O) groups excluding carboxylic acids is 2. The molecule has 3 heterocycles. The standard InChI is InChI=1S/C36H44N2O5.C31H34FNO3.C27H27FO/c1-36(2,3)43-35(41)38-24-29-22-37(23-30(29)25-38)19-21-42-32-17-13-28(14-18-32)34(27-11-15-31(40)16-12-27)33(10-7-20-39)26-8-5-4-6-9-26;1-31(2,3)36-30(35)33-20-26(21-33)22-11-13-24(14-12-22)29(25-15-17-27(34)18-16-25)28(10-7-19-32)23-8-5-4-6-9-23;28-19-5-10-26(22-6-2-1-3-7-22)27(24-15-17-25(29)18-16-24)23-13-11-21(12-14-23)20-8-4-9-20/h4-6,8-9,11-18,29-30,39-40H,7,10,19-25H2,1-3H3;4-6,8-9,11-18,26,34H,7,10,19-21H2,1-3H3;1-3,6-7,11-18,20,29H,4-5,8-10,19H2/b34-33-;29-28+;27-26+/t29-,30+;;. The topological polar surface area (TPSA) is 152 Å². The van der Waals surface area contributed by atoms with E-state index in [-0.39, 0.29) is 55.3 Å². The Morgan fingerprint density at radius 2 is 0.722 bits per heavy atom. The molecule has 1 aliphatic carbocycles. The molecule has 12 nitrogen and oxygen atoms in total. The molecule has 0 radical (unpaired) electrons. The minimum atomic E-state index is -0.501. The third kappa shape index (κ3) is 21.5. The monoisotopic (exact) mass is 1460 g/mol. The van der Waals surface area contributed by atoms with Crippen molar-refractivity contribution in [3.05, 3.63) is 298 Å². The Morgan fingerprint density at radius 3 is 1.05 bits per heavy atom. The van der Waals surface area contributed by atoms with E-state index >= 15 is 0 Å². The largest absolute Gasteiger partial charge is 0.508 e. The van der Waals surface area contributed by atoms with Crippen LogP contribution in [0.4, 0.5) is 18.4 Å². The van der Waals surface area contributed by atoms with Crippen LogP contribution in [0.2, 0.25) is 0 Å². The van der Waals surface area contributed by atoms with E-state index in [0.29, 0.717) is 69.6 Å². The lowest BCUT2D eigenvalue weighted by molar-refractivity contribution is 0.00813. The zero-order valence-electron chi connectivity index (χ0n) is 63.4. The van der Waals surface area contributed by atoms with Gasteiger partial charge in [-0.05, 0) is 254 Å². The molecule has 4 N–H and O–H groups in total. The number of fused-ring (bicyclic) bond motifs is 1. The van der Waals surface area contributed by atoms with Crippen molar-refractivity contribution >= 4 is 45.6 Å². The Morgan fingerprint density at radius 1 is 0.398 bits per heavy atom. The number of aliphatic hydroxyl groups is 1. The lowest BCUT2D eigenvalue weighted by atomic mass is 9.79. The number of allylic oxidation sites excluding steroid dienone is 3. The number of hydrogen-bond acceptors (Lipinski definition) is 10. The van der Waals surface area contributed by atoms with Gasteiger partial charge in [-0.2, -0.15) is 0 Å². The van der Waals surface area contributed by atoms with E-state index in [4.69, 9.17) is 14.2 Å². The van der Waals surface area contributed by atoms with Crippen LogP contribution in [-0.4, -0.2) is 131 Å². The second-order valence-electron chi connectivity index (χ2n) is 30.7. The van der Waals surface area contributed by atoms with Crippen LogP contribution in [0.15, 0.2) is 237 Å². The first kappa shape index (κ1) is 78.8. The molecule has 4 aliphatic rings. The molecule has 108 heavy (non-hydrogen) atoms. The van der Waals surface area contributed by atoms with Crippen LogP contribution < -0.4 is 4.74 Å². The van der Waals surface area contributed by atoms with Crippen LogP contribution in [-0.2, 0) is 9.47 Å². The fourth-order valence-electron chi connectivity index (χ4n) is 14.8. The molecule has 3 aliphatic heterocycles. The highest BCUT2D eigenvalue weighted by molar-refractivity contribution is 6.01. The van der Waals surface area contributed by atoms with Gasteiger partial charge >= 0.3 is 12.2 Å². The molecule has 1 saturated carbocycles. The molecule has 9 aromatic carbocycles. The van der Waals surface area contributed by atoms with Gasteiger partial charge in [-0.15, -0.1) is 0 Å². The summed E-state index contributed by atoms with van der Waals surface area (Å²) in [7, 11) is 0. The number of likely N-dealkylation sites (tertiary alicyclic amines) is 3. The first-order chi connectivity index (χ1) is 52.2. The zero-order chi connectivity index (χ0) is 76.2. The Kier molecular flexibility index (Phi) is 27.4. The summed E-state index contributed by atoms with van der Waals surface area (Å²) >= 11 is 0. The van der Waals surface area contributed by atoms with Gasteiger partial charge in [0.25, 0.3) is 0 Å². The van der Waals surface area contributed by atoms with Crippen molar-refractivity contribution in [2.45, 2.75) is 122 Å². The molecule has 2 amide bonds. The molecule has 0 aromatic heterocycles. The SMILES string of the molecule is CC(C)(C)OC(=O)N1CC(c2ccc(/C(=C(/CCCF)c3ccccc3)c3ccc(O)cc3)cc2)C1.CC(C)(C)OC(=O)N1C[C@H]2CN(CCOc3ccc(/C(=C(/CCCO)c4ccccc4)c4ccc(O)cc4)cc3)C[C@H]2C1.Oc1ccc(/C(=C(\CCCF)c2ccccc2)c2ccc(C3CCC3)cc2)cc1. The summed E-state index contributed by atoms with van der Waals surface area (Å²) in [6, 6.07) is 78.0. The van der Waals surface area contributed by atoms with Crippen molar-refractivity contribution < 1.29 is 53.0 Å². The van der Waals surface area contributed by atoms with Gasteiger partial charge in [0.05, 0.1) is 13.3 Å². The molecule has 9 aromatic rings. The van der Waals surface area contributed by atoms with Gasteiger partial charge in [0.1, 0.15) is 40.8 Å². The predicted octanol–water partition coefficient (Wildman–Crippen LogP) is 21.1. The average Bonchev–Trinajstić information content (AvgIpc) is 1.24. The number of phenols is 3. The minimum Gasteiger partial charge on any atom is -0.508 e. The number of phenolic OH excluding ortho intramolecular Hbond substituents is 3. The van der Waals surface area contributed by atoms with Gasteiger partial charge in [0.2, 0.25) is 0 Å². The van der Waals surface area contributed by atoms with Crippen LogP contribution in [0.3, 0.4) is 0 Å². The van der Waals surface area contributed by atoms with Crippen LogP contribution in [0.25, 0.3) is 33.4 Å². The number of aliphatic hydroxyl groups excluding tert-OH is 1. The van der Waals surface area contributed by atoms with E-state index in [1.54, 1.807) is 41.3 Å². The number of rotatable bonds is 24. The molecule has 0 unspecified atom stereocenters. The normalized spacial score (nSPS) is 16.6. The summed E-state index contributed by atoms with van der Waals surface area (Å²) in [4.78, 5) is 30.8. The number of aromatic hydroxyl groups is 3. The maximum absolute atomic E-state index is 13.3. The third-order valence-electron chi connectivity index (χ3n) is 20.5. The zero-order valence-corrected chi connectivity index (χ0v) is 63.4. The molecule has 13 rings (SSSR count). The number of carbonyl (C=O) groups is 2. The Labute approximate surface area is 637 Å². The molecule has 3 saturated heterocycles. The van der Waals surface area contributed by atoms with Crippen molar-refractivity contribution in [2.24, 2.45) is 11.8 Å². The quantitative estimate of drug-likeness (QED) is 0.0430. The predicted molar refractivity (Wildman–Crippen MR) is 431 cm³/mol. The van der Waals surface area contributed by atoms with Gasteiger partial charge in [-0.1, -0.05) is 194 Å². The maximum Gasteiger partial charge on any atom is 0.410 e. The Balaban J connectivity index is 0.000000164. The second kappa shape index (κ2) is 37.5. The maximum atomic E-state index is 13.3. The van der Waals surface area contributed by atoms with Crippen molar-refractivity contribution in [1.82, 2.24) is 14.7 Å². The van der Waals surface area contributed by atoms with Crippen molar-refractivity contribution in [3.63, 3.8) is 0 Å². The summed E-state index contributed by atoms with van der Waals surface area (Å²) in [6.07, 6.45) is 7.00. The molecular weight excluding hydrogens is 1350 g/mol. The number of hydrogen-bond donors (Lipinski definition) is 4. The molecule has 2 atom stereocenters. The van der Waals surface area contributed by atoms with Crippen LogP contribution in [0.1, 0.15) is 172 Å². The first-order valence-corrected chi connectivity index (χ1v) is 38.3. The fourth-order valence-corrected chi connectivity index (χ4v) is 14.8. The summed E-state index contributed by atoms with van der Waals surface area (Å²) in [5.74, 6) is 3.45. The van der Waals surface area contributed by atoms with E-state index in [1.807, 2.05) is 150 Å². The van der Waals surface area contributed by atoms with Crippen LogP contribution in [0, 0.1) is 11.8 Å². The second-order valence-corrected chi connectivity index (χ2v) is 30.7. The molecule has 0 spiro atoms. The van der Waals surface area contributed by atoms with E-state index in [1.165, 1.54) is 30.4 Å². The number of amides is 2. The molecule has 564 valence electrons. The van der Waals surface area contributed by atoms with Gasteiger partial charge in [-0.25, -0.2) is 9.59 Å². The minimum absolute atomic E-state index is 0.118. The first-order valence-electron chi connectivity index (χ1n) is 38.3. The summed E-state index contributed by atoms with van der Waals surface area (Å²) in [5, 5.41) is 39.2. The lowest BCUT2D eigenvalue weighted by Crippen LogP contribution is -2.50. The highest BCUT2D eigenvalue weighted by Crippen LogP contribution is 2.43. The van der Waals surface area contributed by atoms with Crippen LogP contribution in [0.5, 0.6) is 23.0 Å². The molecule has 14 heteroatoms. The van der Waals surface area contributed by atoms with Gasteiger partial charge in [-0.3, -0.25) is 13.7 Å². The highest BCUT2D eigenvalue weighted by atomic mass is 19.1. The third-order valence-corrected chi connectivity index (χ3v) is 20.5. The fraction of sp³-hybridized carbons (Fsp3) is 0.340. The van der Waals surface area contributed by atoms with Gasteiger partial charge in [0, 0.05) is 58.3 Å². The van der Waals surface area contributed by atoms with Crippen molar-refractivity contribution in [1.29, 1.82) is 0 Å². The van der Waals surface area contributed by atoms with Gasteiger partial charge in [0.15, 0.2) is 0 Å². The Hall–Kier alpha value is -10.3. The van der Waals surface area contributed by atoms with Gasteiger partial charge < -0.3 is 44.4 Å².